The molecular weight excluding hydrogens is 1780 g/mol. The van der Waals surface area contributed by atoms with Crippen molar-refractivity contribution in [3.63, 3.8) is 0 Å². The molecule has 13 aromatic heterocycles. The summed E-state index contributed by atoms with van der Waals surface area (Å²) in [7, 11) is -0.701. The summed E-state index contributed by atoms with van der Waals surface area (Å²) in [6.07, 6.45) is 31.3. The van der Waals surface area contributed by atoms with Gasteiger partial charge < -0.3 is 55.2 Å². The number of aryl methyl sites for hydroxylation is 7. The number of allylic oxidation sites excluding steroid dienone is 2. The first kappa shape index (κ1) is 90.7. The maximum absolute atomic E-state index is 8.67. The average Bonchev–Trinajstić information content (AvgIpc) is 1.62. The number of benzene rings is 4. The van der Waals surface area contributed by atoms with E-state index in [1.54, 1.807) is 74.4 Å². The Hall–Kier alpha value is -11.6. The van der Waals surface area contributed by atoms with Crippen molar-refractivity contribution < 1.29 is 19.7 Å². The Kier molecular flexibility index (Phi) is 33.6. The Morgan fingerprint density at radius 1 is 0.458 bits per heavy atom. The van der Waals surface area contributed by atoms with Gasteiger partial charge in [-0.05, 0) is 177 Å². The number of hydrogen-bond donors (Lipinski definition) is 8. The van der Waals surface area contributed by atoms with E-state index in [4.69, 9.17) is 55.6 Å². The predicted octanol–water partition coefficient (Wildman–Crippen LogP) is 17.6. The zero-order valence-electron chi connectivity index (χ0n) is 67.1. The molecule has 13 heterocycles. The average molecular weight is 1860 g/mol. The van der Waals surface area contributed by atoms with Gasteiger partial charge >= 0.3 is 14.8 Å². The number of nitrogens with zero attached hydrogens (tertiary/aromatic N) is 19. The number of aromatic nitrogens is 21. The third-order valence-corrected chi connectivity index (χ3v) is 19.7. The Labute approximate surface area is 733 Å². The molecule has 17 rings (SSSR count). The van der Waals surface area contributed by atoms with Crippen LogP contribution in [0.15, 0.2) is 234 Å². The van der Waals surface area contributed by atoms with Gasteiger partial charge in [0.2, 0.25) is 0 Å². The molecule has 0 bridgehead atoms. The number of nitrogens with one attached hydrogen (secondary N) is 4. The highest BCUT2D eigenvalue weighted by molar-refractivity contribution is 9.11. The van der Waals surface area contributed by atoms with Crippen molar-refractivity contribution in [3.8, 4) is 17.1 Å². The smallest absolute Gasteiger partial charge is 0.543 e. The van der Waals surface area contributed by atoms with Crippen molar-refractivity contribution in [1.82, 2.24) is 103 Å². The van der Waals surface area contributed by atoms with Gasteiger partial charge in [0.05, 0.1) is 92.8 Å². The number of rotatable bonds is 14. The second-order valence-electron chi connectivity index (χ2n) is 27.1. The molecule has 0 unspecified atom stereocenters. The van der Waals surface area contributed by atoms with Crippen molar-refractivity contribution in [1.29, 1.82) is 0 Å². The van der Waals surface area contributed by atoms with Crippen molar-refractivity contribution in [2.45, 2.75) is 95.8 Å². The van der Waals surface area contributed by atoms with Crippen LogP contribution in [0.25, 0.3) is 78.3 Å². The van der Waals surface area contributed by atoms with Gasteiger partial charge in [-0.3, -0.25) is 34.5 Å². The van der Waals surface area contributed by atoms with E-state index in [0.29, 0.717) is 48.2 Å². The summed E-state index contributed by atoms with van der Waals surface area (Å²) in [5, 5.41) is 37.9. The van der Waals surface area contributed by atoms with Crippen LogP contribution in [0.1, 0.15) is 89.7 Å². The molecule has 36 heteroatoms. The monoisotopic (exact) mass is 1860 g/mol. The molecule has 1 radical (unpaired) electrons. The lowest BCUT2D eigenvalue weighted by molar-refractivity contribution is 0.403. The van der Waals surface area contributed by atoms with Crippen LogP contribution in [0.3, 0.4) is 0 Å². The first-order chi connectivity index (χ1) is 57.7. The summed E-state index contributed by atoms with van der Waals surface area (Å²) in [5.74, 6) is 1.55. The van der Waals surface area contributed by atoms with Gasteiger partial charge in [0.1, 0.15) is 70.0 Å². The fourth-order valence-corrected chi connectivity index (χ4v) is 13.5. The molecule has 611 valence electrons. The van der Waals surface area contributed by atoms with Gasteiger partial charge in [0, 0.05) is 98.4 Å². The van der Waals surface area contributed by atoms with Crippen molar-refractivity contribution in [2.75, 3.05) is 10.6 Å². The molecule has 28 nitrogen and oxygen atoms in total. The van der Waals surface area contributed by atoms with Crippen LogP contribution in [-0.4, -0.2) is 133 Å². The van der Waals surface area contributed by atoms with Crippen molar-refractivity contribution in [3.05, 3.63) is 311 Å². The second-order valence-corrected chi connectivity index (χ2v) is 30.7. The van der Waals surface area contributed by atoms with Crippen LogP contribution in [0.4, 0.5) is 11.6 Å². The summed E-state index contributed by atoms with van der Waals surface area (Å²) in [4.78, 5) is 73.2. The van der Waals surface area contributed by atoms with E-state index in [-0.39, 0.29) is 0 Å². The van der Waals surface area contributed by atoms with E-state index in [9.17, 15) is 0 Å². The lowest BCUT2D eigenvalue weighted by atomic mass is 9.80. The van der Waals surface area contributed by atoms with Gasteiger partial charge in [0.25, 0.3) is 0 Å². The Morgan fingerprint density at radius 3 is 1.31 bits per heavy atom. The van der Waals surface area contributed by atoms with E-state index in [1.165, 1.54) is 47.5 Å². The molecular formula is C84H83B2Br3Cl3N24O4. The van der Waals surface area contributed by atoms with Gasteiger partial charge in [-0.2, -0.15) is 0 Å². The van der Waals surface area contributed by atoms with E-state index in [1.807, 2.05) is 76.7 Å². The number of fused-ring (bicyclic) bond motifs is 5. The quantitative estimate of drug-likeness (QED) is 0.0285. The van der Waals surface area contributed by atoms with Crippen LogP contribution >= 0.6 is 82.6 Å². The fourth-order valence-electron chi connectivity index (χ4n) is 11.0. The first-order valence-electron chi connectivity index (χ1n) is 36.9. The van der Waals surface area contributed by atoms with Gasteiger partial charge in [0.15, 0.2) is 16.9 Å². The lowest BCUT2D eigenvalue weighted by Crippen LogP contribution is -2.29. The summed E-state index contributed by atoms with van der Waals surface area (Å²) in [6, 6.07) is 33.9. The van der Waals surface area contributed by atoms with Crippen LogP contribution < -0.4 is 21.8 Å². The zero-order chi connectivity index (χ0) is 85.9. The highest BCUT2D eigenvalue weighted by Gasteiger charge is 2.19. The van der Waals surface area contributed by atoms with Gasteiger partial charge in [-0.25, -0.2) is 49.8 Å². The normalized spacial score (nSPS) is 10.5. The molecule has 0 saturated heterocycles. The minimum absolute atomic E-state index is 0.456. The summed E-state index contributed by atoms with van der Waals surface area (Å²) < 4.78 is 13.2. The molecule has 0 atom stereocenters. The molecule has 0 aliphatic heterocycles. The van der Waals surface area contributed by atoms with Crippen LogP contribution in [0.5, 0.6) is 0 Å². The van der Waals surface area contributed by atoms with Crippen molar-refractivity contribution >= 4 is 176 Å². The van der Waals surface area contributed by atoms with Gasteiger partial charge in [-0.1, -0.05) is 129 Å². The Morgan fingerprint density at radius 2 is 0.875 bits per heavy atom. The van der Waals surface area contributed by atoms with E-state index in [2.05, 4.69) is 282 Å². The Bertz CT molecular complexity index is 6240. The molecule has 0 amide bonds. The first-order valence-corrected chi connectivity index (χ1v) is 40.4. The molecule has 9 N–H and O–H groups in total. The van der Waals surface area contributed by atoms with Crippen LogP contribution in [0, 0.1) is 48.5 Å². The standard InChI is InChI=1S/C23H24N6.C19H17BrN6.C13H9BrClN3.C7H9BO2.C6H3BrClN3.C6H4ClN3.C6H9N3.C4H8BO2/c1-15(2)9-18-13-29(20-7-5-16(3)6-8-20)23-21(18)22(27-14-28-23)26-12-19-11-24-17(4)10-25-19;1-12-3-5-15(6-4-12)26-10-16(20)17-18(24-11-25-19(17)26)23-9-14-8-21-13(2)7-22-14;1-8-2-4-9(5-3-8)18-6-10(14)11-12(15)16-7-17-13(11)18;1-6-2-4-7(5-3-6)8(9)10;7-3-1-9-6-4(3)5(8)10-2-11-6;7-5-4-1-2-8-6(4)10-3-9-5;1-5-3-9-6(2-7)4-8-5;1-4(2)3-7-5-6/h5-11,13-14H,12H2,1-4H3,(H,26,27,28);3-8,10-11H,9H2,1-2H3,(H,23,24,25);2-7H,1H3;2-5,9-10H,1H3;1-2H,(H,9,10,11);1-3H,(H,8,9,10);3-4H,2,7H2,1H3;3,6H,1-2H3. The summed E-state index contributed by atoms with van der Waals surface area (Å²) in [6.45, 7) is 23.4. The lowest BCUT2D eigenvalue weighted by Gasteiger charge is -2.08. The number of anilines is 2. The third-order valence-electron chi connectivity index (χ3n) is 17.0. The second kappa shape index (κ2) is 44.4. The van der Waals surface area contributed by atoms with E-state index in [0.717, 1.165) is 148 Å². The molecule has 0 fully saturated rings. The minimum atomic E-state index is -1.35. The summed E-state index contributed by atoms with van der Waals surface area (Å²) in [5.41, 5.74) is 26.4. The summed E-state index contributed by atoms with van der Waals surface area (Å²) >= 11 is 28.1. The molecule has 4 aromatic carbocycles. The number of H-pyrrole nitrogens is 2. The minimum Gasteiger partial charge on any atom is -0.543 e. The predicted molar refractivity (Wildman–Crippen MR) is 488 cm³/mol. The van der Waals surface area contributed by atoms with Crippen LogP contribution in [0.2, 0.25) is 15.5 Å². The third kappa shape index (κ3) is 25.5. The maximum Gasteiger partial charge on any atom is 0.569 e. The molecule has 0 saturated carbocycles. The number of hydrogen-bond acceptors (Lipinski definition) is 23. The van der Waals surface area contributed by atoms with Gasteiger partial charge in [-0.15, -0.1) is 0 Å². The largest absolute Gasteiger partial charge is 0.569 e. The fraction of sp³-hybridized carbons (Fsp3) is 0.167. The maximum atomic E-state index is 8.67. The molecule has 120 heavy (non-hydrogen) atoms. The number of aromatic amines is 2. The SMILES string of the molecule is CC(C)=CO[B]O.CC(C)=Cc1cn(-c2ccc(C)cc2)c2ncnc(NCc3cnc(C)cn3)c12.Cc1ccc(-n2cc(Br)c3c(Cl)ncnc32)cc1.Cc1ccc(-n2cc(Br)c3c(NCc4cnc(C)cn4)ncnc32)cc1.Cc1ccc(B(O)O)cc1.Cc1cnc(CN)cn1.Clc1ncnc2[nH]cc(Br)c12.Clc1ncnc2[nH]ccc12. The van der Waals surface area contributed by atoms with Crippen LogP contribution in [-0.2, 0) is 24.3 Å². The van der Waals surface area contributed by atoms with E-state index < -0.39 is 7.12 Å². The molecule has 0 aliphatic carbocycles. The number of halogens is 6. The number of nitrogens with two attached hydrogens (primary N) is 1. The Balaban J connectivity index is 0.000000151. The molecule has 0 aliphatic rings. The molecule has 0 spiro atoms. The zero-order valence-corrected chi connectivity index (χ0v) is 74.1. The highest BCUT2D eigenvalue weighted by atomic mass is 79.9. The molecule has 17 aromatic rings. The van der Waals surface area contributed by atoms with E-state index >= 15 is 0 Å². The highest BCUT2D eigenvalue weighted by Crippen LogP contribution is 2.35. The van der Waals surface area contributed by atoms with Crippen molar-refractivity contribution in [2.24, 2.45) is 5.73 Å². The topological polar surface area (TPSA) is 373 Å².